The molecular weight excluding hydrogens is 163 g/mol. The van der Waals surface area contributed by atoms with Crippen LogP contribution in [0.15, 0.2) is 11.6 Å². The topological polar surface area (TPSA) is 46.5 Å². The normalized spacial score (nSPS) is 11.0. The molecule has 3 nitrogen and oxygen atoms in total. The molecule has 0 aliphatic rings. The van der Waals surface area contributed by atoms with E-state index in [2.05, 4.69) is 4.52 Å². The van der Waals surface area contributed by atoms with E-state index in [0.29, 0.717) is 0 Å². The van der Waals surface area contributed by atoms with E-state index >= 15 is 0 Å². The predicted octanol–water partition coefficient (Wildman–Crippen LogP) is 2.40. The van der Waals surface area contributed by atoms with Crippen molar-refractivity contribution in [2.45, 2.75) is 26.7 Å². The first-order valence-corrected chi connectivity index (χ1v) is 4.80. The molecule has 0 rings (SSSR count). The first-order chi connectivity index (χ1) is 5.20. The molecule has 1 atom stereocenters. The summed E-state index contributed by atoms with van der Waals surface area (Å²) < 4.78 is 14.5. The average molecular weight is 177 g/mol. The van der Waals surface area contributed by atoms with E-state index < -0.39 is 8.25 Å². The summed E-state index contributed by atoms with van der Waals surface area (Å²) in [4.78, 5) is 8.27. The molecule has 0 spiro atoms. The van der Waals surface area contributed by atoms with E-state index in [1.165, 1.54) is 5.57 Å². The Balaban J connectivity index is 3.61. The standard InChI is InChI=1S/C7H13O3P/c1-3-7(4-2)5-6-10-11(8)9/h5H,3-4,6H2,1-2H3/p+1. The van der Waals surface area contributed by atoms with Crippen LogP contribution in [0.5, 0.6) is 0 Å². The molecule has 1 N–H and O–H groups in total. The van der Waals surface area contributed by atoms with Crippen LogP contribution in [0.25, 0.3) is 0 Å². The van der Waals surface area contributed by atoms with E-state index in [1.807, 2.05) is 19.9 Å². The minimum atomic E-state index is -2.44. The Labute approximate surface area is 68.0 Å². The van der Waals surface area contributed by atoms with Crippen molar-refractivity contribution in [3.63, 3.8) is 0 Å². The van der Waals surface area contributed by atoms with Gasteiger partial charge in [-0.3, -0.25) is 0 Å². The molecule has 0 radical (unpaired) electrons. The largest absolute Gasteiger partial charge is 0.695 e. The van der Waals surface area contributed by atoms with E-state index in [0.717, 1.165) is 12.8 Å². The Kier molecular flexibility index (Phi) is 6.33. The fraction of sp³-hybridized carbons (Fsp3) is 0.714. The summed E-state index contributed by atoms with van der Waals surface area (Å²) in [5, 5.41) is 0. The third-order valence-electron chi connectivity index (χ3n) is 1.47. The predicted molar refractivity (Wildman–Crippen MR) is 44.4 cm³/mol. The van der Waals surface area contributed by atoms with Crippen molar-refractivity contribution in [3.05, 3.63) is 11.6 Å². The molecule has 0 fully saturated rings. The maximum atomic E-state index is 10.1. The second-order valence-corrected chi connectivity index (χ2v) is 2.84. The molecule has 1 unspecified atom stereocenters. The van der Waals surface area contributed by atoms with Crippen LogP contribution in [-0.2, 0) is 9.09 Å². The summed E-state index contributed by atoms with van der Waals surface area (Å²) in [7, 11) is -2.44. The molecule has 0 aromatic rings. The van der Waals surface area contributed by atoms with Crippen molar-refractivity contribution in [1.82, 2.24) is 0 Å². The van der Waals surface area contributed by atoms with Gasteiger partial charge in [-0.1, -0.05) is 25.5 Å². The zero-order valence-corrected chi connectivity index (χ0v) is 7.80. The molecule has 0 aromatic heterocycles. The molecular formula is C7H14O3P+. The van der Waals surface area contributed by atoms with Crippen LogP contribution in [0.3, 0.4) is 0 Å². The highest BCUT2D eigenvalue weighted by atomic mass is 31.1. The number of hydrogen-bond acceptors (Lipinski definition) is 2. The lowest BCUT2D eigenvalue weighted by atomic mass is 10.1. The van der Waals surface area contributed by atoms with Crippen molar-refractivity contribution in [3.8, 4) is 0 Å². The Morgan fingerprint density at radius 3 is 2.45 bits per heavy atom. The highest BCUT2D eigenvalue weighted by molar-refractivity contribution is 7.32. The maximum absolute atomic E-state index is 10.1. The molecule has 0 bridgehead atoms. The fourth-order valence-electron chi connectivity index (χ4n) is 0.758. The second kappa shape index (κ2) is 6.47. The number of hydrogen-bond donors (Lipinski definition) is 1. The van der Waals surface area contributed by atoms with Crippen LogP contribution in [0.4, 0.5) is 0 Å². The van der Waals surface area contributed by atoms with E-state index in [4.69, 9.17) is 4.89 Å². The molecule has 4 heteroatoms. The van der Waals surface area contributed by atoms with E-state index in [9.17, 15) is 4.57 Å². The summed E-state index contributed by atoms with van der Waals surface area (Å²) in [6.07, 6.45) is 3.80. The first kappa shape index (κ1) is 10.8. The van der Waals surface area contributed by atoms with Gasteiger partial charge in [-0.15, -0.1) is 9.42 Å². The summed E-state index contributed by atoms with van der Waals surface area (Å²) in [5.41, 5.74) is 1.25. The van der Waals surface area contributed by atoms with Gasteiger partial charge in [-0.05, 0) is 12.8 Å². The molecule has 0 aromatic carbocycles. The lowest BCUT2D eigenvalue weighted by Gasteiger charge is -1.95. The summed E-state index contributed by atoms with van der Waals surface area (Å²) in [6.45, 7) is 4.34. The van der Waals surface area contributed by atoms with Gasteiger partial charge >= 0.3 is 8.25 Å². The third-order valence-corrected chi connectivity index (χ3v) is 1.84. The van der Waals surface area contributed by atoms with Crippen molar-refractivity contribution >= 4 is 8.25 Å². The molecule has 0 aliphatic carbocycles. The highest BCUT2D eigenvalue weighted by Crippen LogP contribution is 2.14. The van der Waals surface area contributed by atoms with Crippen molar-refractivity contribution in [2.75, 3.05) is 6.61 Å². The smallest absolute Gasteiger partial charge is 0.133 e. The molecule has 11 heavy (non-hydrogen) atoms. The zero-order valence-electron chi connectivity index (χ0n) is 6.91. The monoisotopic (exact) mass is 177 g/mol. The van der Waals surface area contributed by atoms with Crippen LogP contribution in [-0.4, -0.2) is 11.5 Å². The zero-order chi connectivity index (χ0) is 8.69. The Morgan fingerprint density at radius 2 is 2.09 bits per heavy atom. The van der Waals surface area contributed by atoms with Gasteiger partial charge in [0.25, 0.3) is 0 Å². The molecule has 64 valence electrons. The second-order valence-electron chi connectivity index (χ2n) is 2.10. The van der Waals surface area contributed by atoms with Gasteiger partial charge in [0.1, 0.15) is 6.61 Å². The summed E-state index contributed by atoms with van der Waals surface area (Å²) >= 11 is 0. The molecule has 0 heterocycles. The highest BCUT2D eigenvalue weighted by Gasteiger charge is 2.08. The summed E-state index contributed by atoms with van der Waals surface area (Å²) in [5.74, 6) is 0. The van der Waals surface area contributed by atoms with Gasteiger partial charge in [0.05, 0.1) is 0 Å². The maximum Gasteiger partial charge on any atom is 0.695 e. The van der Waals surface area contributed by atoms with Gasteiger partial charge in [-0.2, -0.15) is 0 Å². The van der Waals surface area contributed by atoms with E-state index in [1.54, 1.807) is 0 Å². The van der Waals surface area contributed by atoms with Gasteiger partial charge in [-0.25, -0.2) is 0 Å². The molecule has 0 aliphatic heterocycles. The average Bonchev–Trinajstić information content (AvgIpc) is 1.98. The van der Waals surface area contributed by atoms with Crippen LogP contribution in [0.1, 0.15) is 26.7 Å². The molecule has 0 saturated heterocycles. The van der Waals surface area contributed by atoms with Crippen molar-refractivity contribution < 1.29 is 14.0 Å². The summed E-state index contributed by atoms with van der Waals surface area (Å²) in [6, 6.07) is 0. The van der Waals surface area contributed by atoms with Crippen molar-refractivity contribution in [1.29, 1.82) is 0 Å². The number of allylic oxidation sites excluding steroid dienone is 1. The van der Waals surface area contributed by atoms with Gasteiger partial charge in [0.15, 0.2) is 0 Å². The first-order valence-electron chi connectivity index (χ1n) is 3.67. The van der Waals surface area contributed by atoms with Gasteiger partial charge < -0.3 is 0 Å². The van der Waals surface area contributed by atoms with Crippen molar-refractivity contribution in [2.24, 2.45) is 0 Å². The van der Waals surface area contributed by atoms with E-state index in [-0.39, 0.29) is 6.61 Å². The Hall–Kier alpha value is -0.240. The lowest BCUT2D eigenvalue weighted by Crippen LogP contribution is -1.84. The van der Waals surface area contributed by atoms with Crippen LogP contribution in [0, 0.1) is 0 Å². The molecule has 0 saturated carbocycles. The fourth-order valence-corrected chi connectivity index (χ4v) is 0.960. The minimum Gasteiger partial charge on any atom is -0.133 e. The quantitative estimate of drug-likeness (QED) is 0.518. The van der Waals surface area contributed by atoms with Gasteiger partial charge in [0.2, 0.25) is 0 Å². The number of rotatable bonds is 5. The Morgan fingerprint density at radius 1 is 1.55 bits per heavy atom. The molecule has 0 amide bonds. The van der Waals surface area contributed by atoms with Gasteiger partial charge in [0, 0.05) is 4.57 Å². The van der Waals surface area contributed by atoms with Crippen LogP contribution in [0.2, 0.25) is 0 Å². The Bertz CT molecular complexity index is 148. The SMILES string of the molecule is CCC(=CCO[P+](=O)O)CC. The lowest BCUT2D eigenvalue weighted by molar-refractivity contribution is 0.311. The minimum absolute atomic E-state index is 0.239. The third kappa shape index (κ3) is 6.17. The van der Waals surface area contributed by atoms with Crippen LogP contribution >= 0.6 is 8.25 Å². The van der Waals surface area contributed by atoms with Crippen LogP contribution < -0.4 is 0 Å².